The van der Waals surface area contributed by atoms with Crippen LogP contribution in [0, 0.1) is 17.3 Å². The van der Waals surface area contributed by atoms with Crippen molar-refractivity contribution >= 4 is 24.6 Å². The largest absolute Gasteiger partial charge is 0.481 e. The van der Waals surface area contributed by atoms with Gasteiger partial charge in [-0.2, -0.15) is 13.2 Å². The summed E-state index contributed by atoms with van der Waals surface area (Å²) in [5.74, 6) is -0.277. The maximum absolute atomic E-state index is 14.3. The van der Waals surface area contributed by atoms with Crippen LogP contribution in [0.5, 0.6) is 0 Å². The molecule has 2 bridgehead atoms. The third-order valence-corrected chi connectivity index (χ3v) is 11.8. The lowest BCUT2D eigenvalue weighted by Gasteiger charge is -2.63. The first-order valence-electron chi connectivity index (χ1n) is 17.6. The number of fused-ring (bicyclic) bond motifs is 1. The molecule has 1 saturated heterocycles. The Bertz CT molecular complexity index is 1910. The first-order chi connectivity index (χ1) is 24.0. The molecule has 2 aromatic carbocycles. The molecule has 10 nitrogen and oxygen atoms in total. The lowest BCUT2D eigenvalue weighted by atomic mass is 9.45. The highest BCUT2D eigenvalue weighted by molar-refractivity contribution is 6.47. The van der Waals surface area contributed by atoms with Crippen LogP contribution in [0.15, 0.2) is 65.6 Å². The number of alkyl halides is 3. The summed E-state index contributed by atoms with van der Waals surface area (Å²) >= 11 is 0. The molecule has 2 amide bonds. The lowest BCUT2D eigenvalue weighted by molar-refractivity contribution is -0.185. The second kappa shape index (κ2) is 12.5. The van der Waals surface area contributed by atoms with Gasteiger partial charge in [0.05, 0.1) is 34.9 Å². The fourth-order valence-corrected chi connectivity index (χ4v) is 8.70. The van der Waals surface area contributed by atoms with E-state index in [1.807, 2.05) is 6.92 Å². The Labute approximate surface area is 295 Å². The summed E-state index contributed by atoms with van der Waals surface area (Å²) in [7, 11) is -0.676. The van der Waals surface area contributed by atoms with Crippen molar-refractivity contribution in [2.75, 3.05) is 5.32 Å². The number of hydrogen-bond acceptors (Lipinski definition) is 7. The van der Waals surface area contributed by atoms with Gasteiger partial charge in [-0.15, -0.1) is 0 Å². The molecule has 3 aliphatic carbocycles. The number of carbonyl (C=O) groups excluding carboxylic acids is 2. The van der Waals surface area contributed by atoms with Crippen LogP contribution in [0.25, 0.3) is 0 Å². The first kappa shape index (κ1) is 35.2. The SMILES string of the molecule is CC[C@H](NC(=O)[C@@H]1C[C@@](C)(NC(=O)c2ccccc2)c2ncc(NCc3cccc(C(F)(F)F)c3)c(=O)n21)B1O[C@@H]2C3CC(C[C@]2(C)O1)C3(C)C. The van der Waals surface area contributed by atoms with Crippen LogP contribution in [-0.4, -0.2) is 46.1 Å². The van der Waals surface area contributed by atoms with Gasteiger partial charge in [-0.05, 0) is 80.2 Å². The van der Waals surface area contributed by atoms with E-state index in [2.05, 4.69) is 41.7 Å². The molecule has 8 rings (SSSR count). The minimum atomic E-state index is -4.52. The fourth-order valence-electron chi connectivity index (χ4n) is 8.70. The Morgan fingerprint density at radius 2 is 1.82 bits per heavy atom. The minimum absolute atomic E-state index is 0.000649. The molecule has 2 unspecified atom stereocenters. The predicted octanol–water partition coefficient (Wildman–Crippen LogP) is 5.63. The van der Waals surface area contributed by atoms with Gasteiger partial charge in [0.25, 0.3) is 11.5 Å². The monoisotopic (exact) mass is 705 g/mol. The maximum Gasteiger partial charge on any atom is 0.481 e. The van der Waals surface area contributed by atoms with E-state index in [1.54, 1.807) is 37.3 Å². The number of anilines is 1. The molecule has 3 saturated carbocycles. The number of rotatable bonds is 9. The molecule has 14 heteroatoms. The van der Waals surface area contributed by atoms with Crippen molar-refractivity contribution in [2.45, 2.75) is 102 Å². The van der Waals surface area contributed by atoms with Gasteiger partial charge in [-0.25, -0.2) is 4.98 Å². The number of nitrogens with zero attached hydrogens (tertiary/aromatic N) is 2. The van der Waals surface area contributed by atoms with Crippen LogP contribution < -0.4 is 21.5 Å². The van der Waals surface area contributed by atoms with Crippen molar-refractivity contribution in [3.05, 3.63) is 93.7 Å². The highest BCUT2D eigenvalue weighted by Crippen LogP contribution is 2.64. The van der Waals surface area contributed by atoms with E-state index >= 15 is 0 Å². The Hall–Kier alpha value is -4.17. The Morgan fingerprint density at radius 1 is 1.08 bits per heavy atom. The van der Waals surface area contributed by atoms with Crippen molar-refractivity contribution in [2.24, 2.45) is 17.3 Å². The van der Waals surface area contributed by atoms with E-state index in [4.69, 9.17) is 9.31 Å². The molecule has 1 aromatic heterocycles. The molecule has 3 N–H and O–H groups in total. The molecule has 5 aliphatic rings. The van der Waals surface area contributed by atoms with Crippen LogP contribution in [0.4, 0.5) is 18.9 Å². The average molecular weight is 706 g/mol. The summed E-state index contributed by atoms with van der Waals surface area (Å²) in [5.41, 5.74) is -2.19. The van der Waals surface area contributed by atoms with Crippen molar-refractivity contribution in [3.8, 4) is 0 Å². The molecule has 51 heavy (non-hydrogen) atoms. The summed E-state index contributed by atoms with van der Waals surface area (Å²) in [5, 5.41) is 9.01. The van der Waals surface area contributed by atoms with Crippen molar-refractivity contribution in [3.63, 3.8) is 0 Å². The summed E-state index contributed by atoms with van der Waals surface area (Å²) in [6.07, 6.45) is -0.805. The Kier molecular flexibility index (Phi) is 8.64. The molecule has 3 aromatic rings. The summed E-state index contributed by atoms with van der Waals surface area (Å²) in [6, 6.07) is 12.3. The number of carbonyl (C=O) groups is 2. The predicted molar refractivity (Wildman–Crippen MR) is 185 cm³/mol. The Morgan fingerprint density at radius 3 is 2.51 bits per heavy atom. The molecular formula is C37H43BF3N5O5. The molecule has 7 atom stereocenters. The molecule has 0 radical (unpaired) electrons. The van der Waals surface area contributed by atoms with Crippen LogP contribution in [0.1, 0.15) is 93.7 Å². The summed E-state index contributed by atoms with van der Waals surface area (Å²) in [4.78, 5) is 46.3. The van der Waals surface area contributed by atoms with E-state index < -0.39 is 59.4 Å². The van der Waals surface area contributed by atoms with Crippen molar-refractivity contribution < 1.29 is 32.1 Å². The number of nitrogens with one attached hydrogen (secondary N) is 3. The van der Waals surface area contributed by atoms with Gasteiger partial charge < -0.3 is 25.3 Å². The molecular weight excluding hydrogens is 662 g/mol. The smallest absolute Gasteiger partial charge is 0.404 e. The molecule has 3 heterocycles. The van der Waals surface area contributed by atoms with Gasteiger partial charge in [0.1, 0.15) is 17.6 Å². The minimum Gasteiger partial charge on any atom is -0.404 e. The Balaban J connectivity index is 1.16. The van der Waals surface area contributed by atoms with Crippen LogP contribution >= 0.6 is 0 Å². The second-order valence-corrected chi connectivity index (χ2v) is 15.5. The van der Waals surface area contributed by atoms with E-state index in [9.17, 15) is 27.6 Å². The molecule has 2 aliphatic heterocycles. The third-order valence-electron chi connectivity index (χ3n) is 11.8. The fraction of sp³-hybridized carbons (Fsp3) is 0.514. The van der Waals surface area contributed by atoms with Gasteiger partial charge in [-0.1, -0.05) is 51.1 Å². The van der Waals surface area contributed by atoms with Gasteiger partial charge in [0, 0.05) is 18.5 Å². The molecule has 0 spiro atoms. The average Bonchev–Trinajstić information content (AvgIpc) is 3.61. The topological polar surface area (TPSA) is 124 Å². The highest BCUT2D eigenvalue weighted by Gasteiger charge is 2.67. The normalized spacial score (nSPS) is 29.4. The van der Waals surface area contributed by atoms with Gasteiger partial charge in [0.2, 0.25) is 5.91 Å². The molecule has 4 fully saturated rings. The zero-order valence-electron chi connectivity index (χ0n) is 29.3. The van der Waals surface area contributed by atoms with Gasteiger partial charge in [0.15, 0.2) is 0 Å². The van der Waals surface area contributed by atoms with E-state index in [-0.39, 0.29) is 36.0 Å². The third kappa shape index (κ3) is 6.13. The lowest BCUT2D eigenvalue weighted by Crippen LogP contribution is -2.63. The summed E-state index contributed by atoms with van der Waals surface area (Å²) in [6.45, 7) is 10.2. The number of benzene rings is 2. The van der Waals surface area contributed by atoms with E-state index in [0.717, 1.165) is 25.0 Å². The van der Waals surface area contributed by atoms with Crippen molar-refractivity contribution in [1.29, 1.82) is 0 Å². The van der Waals surface area contributed by atoms with Crippen LogP contribution in [-0.2, 0) is 32.4 Å². The second-order valence-electron chi connectivity index (χ2n) is 15.5. The van der Waals surface area contributed by atoms with Gasteiger partial charge in [-0.3, -0.25) is 19.0 Å². The summed E-state index contributed by atoms with van der Waals surface area (Å²) < 4.78 is 54.4. The maximum atomic E-state index is 14.3. The zero-order chi connectivity index (χ0) is 36.5. The number of aromatic nitrogens is 2. The zero-order valence-corrected chi connectivity index (χ0v) is 29.3. The highest BCUT2D eigenvalue weighted by atomic mass is 19.4. The molecule has 270 valence electrons. The van der Waals surface area contributed by atoms with Crippen molar-refractivity contribution in [1.82, 2.24) is 20.2 Å². The first-order valence-corrected chi connectivity index (χ1v) is 17.6. The van der Waals surface area contributed by atoms with Crippen LogP contribution in [0.3, 0.4) is 0 Å². The number of halogens is 3. The number of hydrogen-bond donors (Lipinski definition) is 3. The van der Waals surface area contributed by atoms with E-state index in [0.29, 0.717) is 29.4 Å². The van der Waals surface area contributed by atoms with Gasteiger partial charge >= 0.3 is 13.3 Å². The number of amides is 2. The van der Waals surface area contributed by atoms with E-state index in [1.165, 1.54) is 22.9 Å². The van der Waals surface area contributed by atoms with Crippen LogP contribution in [0.2, 0.25) is 0 Å². The standard InChI is InChI=1S/C37H43BF3N5O5/c1-6-28(38-50-29-25-16-24(34(25,2)3)17-36(29,5)51-38)44-31(48)27-18-35(4,45-30(47)22-12-8-7-9-13-22)33-43-20-26(32(49)46(27)33)42-19-21-11-10-14-23(15-21)37(39,40)41/h7-15,20,24-25,27-29,42H,6,16-19H2,1-5H3,(H,44,48)(H,45,47)/t24?,25?,27-,28-,29+,35+,36-/m0/s1. The quantitative estimate of drug-likeness (QED) is 0.247.